The highest BCUT2D eigenvalue weighted by Crippen LogP contribution is 2.36. The van der Waals surface area contributed by atoms with Crippen LogP contribution in [0.5, 0.6) is 0 Å². The van der Waals surface area contributed by atoms with Crippen molar-refractivity contribution in [3.8, 4) is 0 Å². The van der Waals surface area contributed by atoms with E-state index in [0.29, 0.717) is 18.2 Å². The van der Waals surface area contributed by atoms with Crippen molar-refractivity contribution in [2.24, 2.45) is 0 Å². The first-order chi connectivity index (χ1) is 9.81. The molecular weight excluding hydrogens is 252 g/mol. The second-order valence-electron chi connectivity index (χ2n) is 5.69. The monoisotopic (exact) mass is 276 g/mol. The Hall–Kier alpha value is -1.36. The number of anilines is 2. The third-order valence-electron chi connectivity index (χ3n) is 4.22. The van der Waals surface area contributed by atoms with E-state index < -0.39 is 0 Å². The van der Waals surface area contributed by atoms with Crippen molar-refractivity contribution in [1.29, 1.82) is 0 Å². The minimum absolute atomic E-state index is 0.368. The van der Waals surface area contributed by atoms with E-state index in [1.165, 1.54) is 18.4 Å². The van der Waals surface area contributed by atoms with Gasteiger partial charge in [0.25, 0.3) is 0 Å². The molecule has 1 aromatic heterocycles. The average Bonchev–Trinajstić information content (AvgIpc) is 3.05. The molecule has 2 aliphatic rings. The van der Waals surface area contributed by atoms with Crippen molar-refractivity contribution in [2.45, 2.75) is 64.2 Å². The molecule has 0 spiro atoms. The van der Waals surface area contributed by atoms with Crippen molar-refractivity contribution >= 4 is 11.6 Å². The van der Waals surface area contributed by atoms with Gasteiger partial charge in [0.1, 0.15) is 18.0 Å². The number of aromatic nitrogens is 2. The Morgan fingerprint density at radius 3 is 2.75 bits per heavy atom. The van der Waals surface area contributed by atoms with E-state index in [2.05, 4.69) is 34.4 Å². The second kappa shape index (κ2) is 5.95. The summed E-state index contributed by atoms with van der Waals surface area (Å²) in [5.41, 5.74) is 1.21. The fraction of sp³-hybridized carbons (Fsp3) is 0.733. The van der Waals surface area contributed by atoms with Crippen LogP contribution in [0.25, 0.3) is 0 Å². The first-order valence-corrected chi connectivity index (χ1v) is 7.81. The van der Waals surface area contributed by atoms with E-state index in [1.54, 1.807) is 6.33 Å². The number of hydrogen-bond acceptors (Lipinski definition) is 5. The van der Waals surface area contributed by atoms with Gasteiger partial charge in [-0.25, -0.2) is 9.97 Å². The van der Waals surface area contributed by atoms with E-state index in [4.69, 9.17) is 4.74 Å². The van der Waals surface area contributed by atoms with Crippen LogP contribution in [0.4, 0.5) is 11.6 Å². The summed E-state index contributed by atoms with van der Waals surface area (Å²) in [6, 6.07) is 0.411. The number of ether oxygens (including phenoxy) is 1. The van der Waals surface area contributed by atoms with Gasteiger partial charge in [-0.2, -0.15) is 0 Å². The summed E-state index contributed by atoms with van der Waals surface area (Å²) in [7, 11) is 0. The van der Waals surface area contributed by atoms with Crippen LogP contribution in [-0.2, 0) is 11.2 Å². The first kappa shape index (κ1) is 13.6. The van der Waals surface area contributed by atoms with Crippen LogP contribution in [0.1, 0.15) is 45.1 Å². The fourth-order valence-corrected chi connectivity index (χ4v) is 3.31. The Bertz CT molecular complexity index is 465. The normalized spacial score (nSPS) is 27.8. The molecule has 0 saturated carbocycles. The topological polar surface area (TPSA) is 59.1 Å². The SMILES string of the molecule is CCCc1c(NCC)ncnc1NC1CC2CCC1O2. The quantitative estimate of drug-likeness (QED) is 0.836. The molecule has 1 aromatic rings. The molecule has 5 nitrogen and oxygen atoms in total. The first-order valence-electron chi connectivity index (χ1n) is 7.81. The van der Waals surface area contributed by atoms with Gasteiger partial charge in [-0.15, -0.1) is 0 Å². The molecule has 20 heavy (non-hydrogen) atoms. The Morgan fingerprint density at radius 1 is 1.25 bits per heavy atom. The van der Waals surface area contributed by atoms with E-state index in [-0.39, 0.29) is 0 Å². The minimum Gasteiger partial charge on any atom is -0.373 e. The van der Waals surface area contributed by atoms with Crippen LogP contribution in [-0.4, -0.2) is 34.8 Å². The van der Waals surface area contributed by atoms with Crippen molar-refractivity contribution in [1.82, 2.24) is 9.97 Å². The molecule has 0 aliphatic carbocycles. The fourth-order valence-electron chi connectivity index (χ4n) is 3.31. The van der Waals surface area contributed by atoms with Crippen LogP contribution < -0.4 is 10.6 Å². The van der Waals surface area contributed by atoms with Crippen molar-refractivity contribution in [3.05, 3.63) is 11.9 Å². The summed E-state index contributed by atoms with van der Waals surface area (Å²) in [6.45, 7) is 5.16. The average molecular weight is 276 g/mol. The second-order valence-corrected chi connectivity index (χ2v) is 5.69. The molecule has 0 amide bonds. The lowest BCUT2D eigenvalue weighted by atomic mass is 9.95. The van der Waals surface area contributed by atoms with Gasteiger partial charge >= 0.3 is 0 Å². The van der Waals surface area contributed by atoms with Crippen LogP contribution in [0, 0.1) is 0 Å². The maximum Gasteiger partial charge on any atom is 0.135 e. The molecule has 2 saturated heterocycles. The highest BCUT2D eigenvalue weighted by molar-refractivity contribution is 5.58. The van der Waals surface area contributed by atoms with E-state index in [1.807, 2.05) is 0 Å². The molecular formula is C15H24N4O. The standard InChI is InChI=1S/C15H24N4O/c1-3-5-11-14(16-4-2)17-9-18-15(11)19-12-8-10-6-7-13(12)20-10/h9-10,12-13H,3-8H2,1-2H3,(H2,16,17,18,19). The largest absolute Gasteiger partial charge is 0.373 e. The molecule has 2 aliphatic heterocycles. The molecule has 2 N–H and O–H groups in total. The van der Waals surface area contributed by atoms with Gasteiger partial charge in [-0.05, 0) is 32.6 Å². The van der Waals surface area contributed by atoms with Gasteiger partial charge in [-0.3, -0.25) is 0 Å². The van der Waals surface area contributed by atoms with E-state index in [0.717, 1.165) is 37.4 Å². The molecule has 110 valence electrons. The lowest BCUT2D eigenvalue weighted by Crippen LogP contribution is -2.31. The smallest absolute Gasteiger partial charge is 0.135 e. The van der Waals surface area contributed by atoms with E-state index in [9.17, 15) is 0 Å². The number of hydrogen-bond donors (Lipinski definition) is 2. The molecule has 3 atom stereocenters. The van der Waals surface area contributed by atoms with Crippen molar-refractivity contribution in [2.75, 3.05) is 17.2 Å². The maximum absolute atomic E-state index is 5.91. The molecule has 3 rings (SSSR count). The highest BCUT2D eigenvalue weighted by Gasteiger charge is 2.41. The Balaban J connectivity index is 1.79. The third-order valence-corrected chi connectivity index (χ3v) is 4.22. The van der Waals surface area contributed by atoms with Gasteiger partial charge in [0.05, 0.1) is 18.2 Å². The van der Waals surface area contributed by atoms with Gasteiger partial charge in [0, 0.05) is 12.1 Å². The predicted octanol–water partition coefficient (Wildman–Crippen LogP) is 2.59. The van der Waals surface area contributed by atoms with E-state index >= 15 is 0 Å². The molecule has 2 bridgehead atoms. The van der Waals surface area contributed by atoms with Crippen molar-refractivity contribution < 1.29 is 4.74 Å². The van der Waals surface area contributed by atoms with Crippen LogP contribution in [0.2, 0.25) is 0 Å². The minimum atomic E-state index is 0.368. The molecule has 0 aromatic carbocycles. The lowest BCUT2D eigenvalue weighted by molar-refractivity contribution is 0.102. The zero-order valence-electron chi connectivity index (χ0n) is 12.4. The summed E-state index contributed by atoms with van der Waals surface area (Å²) < 4.78 is 5.91. The molecule has 3 unspecified atom stereocenters. The number of nitrogens with zero attached hydrogens (tertiary/aromatic N) is 2. The van der Waals surface area contributed by atoms with Crippen LogP contribution >= 0.6 is 0 Å². The molecule has 3 heterocycles. The van der Waals surface area contributed by atoms with Gasteiger partial charge in [-0.1, -0.05) is 13.3 Å². The Kier molecular flexibility index (Phi) is 4.05. The summed E-state index contributed by atoms with van der Waals surface area (Å²) in [6.07, 6.45) is 8.06. The summed E-state index contributed by atoms with van der Waals surface area (Å²) in [5.74, 6) is 1.95. The maximum atomic E-state index is 5.91. The Labute approximate surface area is 120 Å². The van der Waals surface area contributed by atoms with Crippen LogP contribution in [0.15, 0.2) is 6.33 Å². The van der Waals surface area contributed by atoms with Gasteiger partial charge < -0.3 is 15.4 Å². The zero-order chi connectivity index (χ0) is 13.9. The third kappa shape index (κ3) is 2.59. The summed E-state index contributed by atoms with van der Waals surface area (Å²) >= 11 is 0. The van der Waals surface area contributed by atoms with Gasteiger partial charge in [0.15, 0.2) is 0 Å². The lowest BCUT2D eigenvalue weighted by Gasteiger charge is -2.23. The molecule has 5 heteroatoms. The highest BCUT2D eigenvalue weighted by atomic mass is 16.5. The predicted molar refractivity (Wildman–Crippen MR) is 80.1 cm³/mol. The number of rotatable bonds is 6. The number of nitrogens with one attached hydrogen (secondary N) is 2. The molecule has 0 radical (unpaired) electrons. The molecule has 2 fully saturated rings. The summed E-state index contributed by atoms with van der Waals surface area (Å²) in [5, 5.41) is 6.95. The van der Waals surface area contributed by atoms with Crippen molar-refractivity contribution in [3.63, 3.8) is 0 Å². The Morgan fingerprint density at radius 2 is 2.10 bits per heavy atom. The van der Waals surface area contributed by atoms with Gasteiger partial charge in [0.2, 0.25) is 0 Å². The number of fused-ring (bicyclic) bond motifs is 2. The zero-order valence-corrected chi connectivity index (χ0v) is 12.4. The van der Waals surface area contributed by atoms with Crippen LogP contribution in [0.3, 0.4) is 0 Å². The summed E-state index contributed by atoms with van der Waals surface area (Å²) in [4.78, 5) is 8.85.